The molecule has 4 aliphatic rings. The van der Waals surface area contributed by atoms with E-state index in [-0.39, 0.29) is 18.3 Å². The second-order valence-electron chi connectivity index (χ2n) is 10.8. The number of fused-ring (bicyclic) bond motifs is 2. The highest BCUT2D eigenvalue weighted by molar-refractivity contribution is 5.26. The van der Waals surface area contributed by atoms with E-state index < -0.39 is 51.9 Å². The Morgan fingerprint density at radius 3 is 2.08 bits per heavy atom. The lowest BCUT2D eigenvalue weighted by molar-refractivity contribution is -0.207. The fourth-order valence-corrected chi connectivity index (χ4v) is 7.89. The quantitative estimate of drug-likeness (QED) is 0.361. The van der Waals surface area contributed by atoms with Gasteiger partial charge in [-0.2, -0.15) is 0 Å². The van der Waals surface area contributed by atoms with E-state index >= 15 is 0 Å². The molecule has 4 fully saturated rings. The third-order valence-corrected chi connectivity index (χ3v) is 9.14. The Morgan fingerprint density at radius 1 is 0.846 bits per heavy atom. The van der Waals surface area contributed by atoms with E-state index in [0.717, 1.165) is 6.42 Å². The van der Waals surface area contributed by atoms with Crippen molar-refractivity contribution in [1.82, 2.24) is 0 Å². The van der Waals surface area contributed by atoms with Gasteiger partial charge < -0.3 is 30.6 Å². The average Bonchev–Trinajstić information content (AvgIpc) is 2.75. The third-order valence-electron chi connectivity index (χ3n) is 9.14. The van der Waals surface area contributed by atoms with Gasteiger partial charge in [0.05, 0.1) is 29.5 Å². The predicted molar refractivity (Wildman–Crippen MR) is 94.0 cm³/mol. The molecule has 4 saturated carbocycles. The van der Waals surface area contributed by atoms with Crippen molar-refractivity contribution in [1.29, 1.82) is 0 Å². The first-order valence-corrected chi connectivity index (χ1v) is 9.93. The number of aliphatic hydroxyl groups excluding tert-OH is 3. The van der Waals surface area contributed by atoms with Crippen molar-refractivity contribution in [3.63, 3.8) is 0 Å². The molecule has 6 heteroatoms. The van der Waals surface area contributed by atoms with Crippen molar-refractivity contribution >= 4 is 0 Å². The summed E-state index contributed by atoms with van der Waals surface area (Å²) in [6, 6.07) is 0. The molecule has 0 radical (unpaired) electrons. The lowest BCUT2D eigenvalue weighted by Crippen LogP contribution is -2.61. The molecule has 0 aromatic carbocycles. The van der Waals surface area contributed by atoms with Gasteiger partial charge in [-0.05, 0) is 63.2 Å². The molecule has 0 saturated heterocycles. The molecule has 6 nitrogen and oxygen atoms in total. The predicted octanol–water partition coefficient (Wildman–Crippen LogP) is 0.168. The highest BCUT2D eigenvalue weighted by Crippen LogP contribution is 2.69. The van der Waals surface area contributed by atoms with Gasteiger partial charge in [0.1, 0.15) is 5.60 Å². The molecule has 26 heavy (non-hydrogen) atoms. The highest BCUT2D eigenvalue weighted by atomic mass is 16.4. The molecule has 0 aliphatic heterocycles. The van der Waals surface area contributed by atoms with Gasteiger partial charge in [-0.3, -0.25) is 0 Å². The van der Waals surface area contributed by atoms with Crippen LogP contribution in [0.15, 0.2) is 0 Å². The molecule has 4 aliphatic carbocycles. The third kappa shape index (κ3) is 1.93. The molecule has 0 unspecified atom stereocenters. The van der Waals surface area contributed by atoms with Gasteiger partial charge in [-0.15, -0.1) is 0 Å². The van der Waals surface area contributed by atoms with Crippen LogP contribution in [0.5, 0.6) is 0 Å². The number of hydrogen-bond acceptors (Lipinski definition) is 6. The van der Waals surface area contributed by atoms with Crippen LogP contribution in [-0.2, 0) is 0 Å². The Bertz CT molecular complexity index is 615. The standard InChI is InChI=1S/C20H34O6/c1-16(2)15(23)13(22)14-18(4,25)11-6-5-10-7-19(11,9-17(10,3)24)8-12(21)20(14,16)26/h10-15,21-26H,5-9H2,1-4H3/t10-,11+,12-,13+,14+,15+,17-,18-,19-,20-/m1/s1. The topological polar surface area (TPSA) is 121 Å². The molecular weight excluding hydrogens is 336 g/mol. The Labute approximate surface area is 154 Å². The maximum absolute atomic E-state index is 11.7. The zero-order valence-electron chi connectivity index (χ0n) is 16.2. The van der Waals surface area contributed by atoms with Gasteiger partial charge in [0.15, 0.2) is 0 Å². The summed E-state index contributed by atoms with van der Waals surface area (Å²) in [6.07, 6.45) is -0.862. The van der Waals surface area contributed by atoms with Crippen LogP contribution in [-0.4, -0.2) is 65.8 Å². The van der Waals surface area contributed by atoms with Crippen LogP contribution >= 0.6 is 0 Å². The lowest BCUT2D eigenvalue weighted by atomic mass is 9.58. The average molecular weight is 370 g/mol. The summed E-state index contributed by atoms with van der Waals surface area (Å²) in [5.74, 6) is -1.19. The molecule has 0 aromatic rings. The van der Waals surface area contributed by atoms with Crippen LogP contribution in [0.2, 0.25) is 0 Å². The SMILES string of the molecule is CC1(C)[C@@H](O)[C@@H](O)[C@H]2[C@](C)(O)[C@@H]3CC[C@@H]4C[C@@]3(C[C@@H](O)[C@@]21O)C[C@@]4(C)O. The van der Waals surface area contributed by atoms with Crippen molar-refractivity contribution in [3.8, 4) is 0 Å². The molecule has 1 spiro atoms. The molecule has 2 bridgehead atoms. The normalized spacial score (nSPS) is 63.9. The van der Waals surface area contributed by atoms with Crippen molar-refractivity contribution in [2.45, 2.75) is 94.9 Å². The number of rotatable bonds is 0. The Hall–Kier alpha value is -0.240. The molecule has 0 aromatic heterocycles. The molecule has 0 heterocycles. The first-order chi connectivity index (χ1) is 11.7. The lowest BCUT2D eigenvalue weighted by Gasteiger charge is -2.50. The van der Waals surface area contributed by atoms with Crippen LogP contribution < -0.4 is 0 Å². The minimum atomic E-state index is -1.81. The summed E-state index contributed by atoms with van der Waals surface area (Å²) in [6.45, 7) is 6.75. The van der Waals surface area contributed by atoms with Crippen LogP contribution in [0.25, 0.3) is 0 Å². The fourth-order valence-electron chi connectivity index (χ4n) is 7.89. The van der Waals surface area contributed by atoms with Gasteiger partial charge in [0, 0.05) is 11.3 Å². The van der Waals surface area contributed by atoms with E-state index in [9.17, 15) is 30.6 Å². The smallest absolute Gasteiger partial charge is 0.106 e. The zero-order valence-corrected chi connectivity index (χ0v) is 16.2. The second-order valence-corrected chi connectivity index (χ2v) is 10.8. The van der Waals surface area contributed by atoms with E-state index in [1.165, 1.54) is 0 Å². The van der Waals surface area contributed by atoms with Crippen LogP contribution in [0.3, 0.4) is 0 Å². The molecule has 4 rings (SSSR count). The molecule has 6 N–H and O–H groups in total. The Morgan fingerprint density at radius 2 is 1.46 bits per heavy atom. The van der Waals surface area contributed by atoms with Crippen molar-refractivity contribution in [3.05, 3.63) is 0 Å². The first-order valence-electron chi connectivity index (χ1n) is 9.93. The summed E-state index contributed by atoms with van der Waals surface area (Å²) in [5.41, 5.74) is -5.78. The Balaban J connectivity index is 1.89. The van der Waals surface area contributed by atoms with Gasteiger partial charge in [-0.25, -0.2) is 0 Å². The van der Waals surface area contributed by atoms with E-state index in [0.29, 0.717) is 19.3 Å². The summed E-state index contributed by atoms with van der Waals surface area (Å²) in [4.78, 5) is 0. The second kappa shape index (κ2) is 5.02. The van der Waals surface area contributed by atoms with Gasteiger partial charge >= 0.3 is 0 Å². The van der Waals surface area contributed by atoms with Gasteiger partial charge in [0.2, 0.25) is 0 Å². The van der Waals surface area contributed by atoms with Crippen LogP contribution in [0.1, 0.15) is 59.8 Å². The molecule has 150 valence electrons. The van der Waals surface area contributed by atoms with E-state index in [4.69, 9.17) is 0 Å². The minimum Gasteiger partial charge on any atom is -0.390 e. The minimum absolute atomic E-state index is 0.123. The zero-order chi connectivity index (χ0) is 19.5. The summed E-state index contributed by atoms with van der Waals surface area (Å²) < 4.78 is 0. The monoisotopic (exact) mass is 370 g/mol. The maximum atomic E-state index is 11.7. The molecular formula is C20H34O6. The van der Waals surface area contributed by atoms with E-state index in [1.807, 2.05) is 6.92 Å². The maximum Gasteiger partial charge on any atom is 0.106 e. The van der Waals surface area contributed by atoms with E-state index in [1.54, 1.807) is 20.8 Å². The van der Waals surface area contributed by atoms with Gasteiger partial charge in [-0.1, -0.05) is 13.8 Å². The summed E-state index contributed by atoms with van der Waals surface area (Å²) in [7, 11) is 0. The fraction of sp³-hybridized carbons (Fsp3) is 1.00. The number of hydrogen-bond donors (Lipinski definition) is 6. The molecule has 10 atom stereocenters. The van der Waals surface area contributed by atoms with Crippen molar-refractivity contribution in [2.24, 2.45) is 28.6 Å². The van der Waals surface area contributed by atoms with E-state index in [2.05, 4.69) is 0 Å². The molecule has 0 amide bonds. The summed E-state index contributed by atoms with van der Waals surface area (Å²) >= 11 is 0. The summed E-state index contributed by atoms with van der Waals surface area (Å²) in [5, 5.41) is 66.8. The van der Waals surface area contributed by atoms with Crippen LogP contribution in [0.4, 0.5) is 0 Å². The van der Waals surface area contributed by atoms with Crippen LogP contribution in [0, 0.1) is 28.6 Å². The van der Waals surface area contributed by atoms with Crippen molar-refractivity contribution in [2.75, 3.05) is 0 Å². The Kier molecular flexibility index (Phi) is 3.69. The first kappa shape index (κ1) is 19.1. The van der Waals surface area contributed by atoms with Gasteiger partial charge in [0.25, 0.3) is 0 Å². The van der Waals surface area contributed by atoms with Crippen molar-refractivity contribution < 1.29 is 30.6 Å². The largest absolute Gasteiger partial charge is 0.390 e. The highest BCUT2D eigenvalue weighted by Gasteiger charge is 2.76. The number of aliphatic hydroxyl groups is 6.